The van der Waals surface area contributed by atoms with Gasteiger partial charge in [0.1, 0.15) is 18.7 Å². The molecule has 0 bridgehead atoms. The van der Waals surface area contributed by atoms with E-state index in [1.54, 1.807) is 11.8 Å². The molecule has 6 nitrogen and oxygen atoms in total. The highest BCUT2D eigenvalue weighted by Crippen LogP contribution is 2.26. The third-order valence-corrected chi connectivity index (χ3v) is 4.08. The Hall–Kier alpha value is -2.54. The molecule has 7 heteroatoms. The van der Waals surface area contributed by atoms with E-state index in [1.807, 2.05) is 48.5 Å². The Kier molecular flexibility index (Phi) is 5.55. The smallest absolute Gasteiger partial charge is 0.372 e. The van der Waals surface area contributed by atoms with Crippen LogP contribution in [0.15, 0.2) is 58.2 Å². The summed E-state index contributed by atoms with van der Waals surface area (Å²) in [4.78, 5) is 18.8. The van der Waals surface area contributed by atoms with Crippen LogP contribution in [0.2, 0.25) is 0 Å². The molecule has 1 heterocycles. The number of oxime groups is 1. The fourth-order valence-electron chi connectivity index (χ4n) is 2.38. The van der Waals surface area contributed by atoms with Crippen molar-refractivity contribution in [3.63, 3.8) is 0 Å². The van der Waals surface area contributed by atoms with Gasteiger partial charge in [0.05, 0.1) is 12.3 Å². The van der Waals surface area contributed by atoms with Crippen molar-refractivity contribution >= 4 is 33.9 Å². The maximum absolute atomic E-state index is 12.0. The number of para-hydroxylation sites is 1. The number of hydrogen-bond acceptors (Lipinski definition) is 6. The van der Waals surface area contributed by atoms with Crippen LogP contribution in [0.1, 0.15) is 12.5 Å². The Morgan fingerprint density at radius 2 is 2.00 bits per heavy atom. The Morgan fingerprint density at radius 3 is 2.76 bits per heavy atom. The van der Waals surface area contributed by atoms with Gasteiger partial charge in [-0.15, -0.1) is 0 Å². The van der Waals surface area contributed by atoms with Gasteiger partial charge in [0.2, 0.25) is 0 Å². The van der Waals surface area contributed by atoms with Crippen LogP contribution < -0.4 is 9.64 Å². The van der Waals surface area contributed by atoms with Gasteiger partial charge < -0.3 is 14.3 Å². The monoisotopic (exact) mass is 404 g/mol. The molecule has 2 aromatic carbocycles. The number of carbonyl (C=O) groups is 1. The molecule has 0 N–H and O–H groups in total. The lowest BCUT2D eigenvalue weighted by atomic mass is 10.1. The standard InChI is InChI=1S/C18H17BrN2O4/c1-2-23-18(22)17-21(12-20-25-17)16-6-4-3-5-13(16)11-24-15-9-7-14(19)8-10-15/h3-10,12,17H,2,11H2,1H3. The molecule has 0 saturated heterocycles. The average Bonchev–Trinajstić information content (AvgIpc) is 3.11. The molecule has 0 fully saturated rings. The highest BCUT2D eigenvalue weighted by molar-refractivity contribution is 9.10. The van der Waals surface area contributed by atoms with Gasteiger partial charge in [-0.25, -0.2) is 4.79 Å². The second-order valence-corrected chi connectivity index (χ2v) is 6.12. The van der Waals surface area contributed by atoms with Crippen LogP contribution in [0, 0.1) is 0 Å². The van der Waals surface area contributed by atoms with Crippen molar-refractivity contribution in [2.75, 3.05) is 11.5 Å². The van der Waals surface area contributed by atoms with Crippen molar-refractivity contribution in [1.29, 1.82) is 0 Å². The number of ether oxygens (including phenoxy) is 2. The fourth-order valence-corrected chi connectivity index (χ4v) is 2.65. The molecule has 3 rings (SSSR count). The summed E-state index contributed by atoms with van der Waals surface area (Å²) in [6, 6.07) is 15.2. The molecule has 130 valence electrons. The first kappa shape index (κ1) is 17.3. The summed E-state index contributed by atoms with van der Waals surface area (Å²) in [6.07, 6.45) is 0.550. The third-order valence-electron chi connectivity index (χ3n) is 3.55. The van der Waals surface area contributed by atoms with Crippen molar-refractivity contribution in [2.24, 2.45) is 5.16 Å². The topological polar surface area (TPSA) is 60.4 Å². The van der Waals surface area contributed by atoms with Gasteiger partial charge >= 0.3 is 12.2 Å². The molecule has 0 saturated carbocycles. The minimum Gasteiger partial charge on any atom is -0.489 e. The first-order valence-corrected chi connectivity index (χ1v) is 8.59. The van der Waals surface area contributed by atoms with E-state index < -0.39 is 12.2 Å². The zero-order valence-electron chi connectivity index (χ0n) is 13.6. The molecule has 0 spiro atoms. The first-order chi connectivity index (χ1) is 12.2. The van der Waals surface area contributed by atoms with Crippen LogP contribution in [0.25, 0.3) is 0 Å². The van der Waals surface area contributed by atoms with Crippen LogP contribution in [0.4, 0.5) is 5.69 Å². The number of hydrogen-bond donors (Lipinski definition) is 0. The van der Waals surface area contributed by atoms with Gasteiger partial charge in [-0.05, 0) is 37.3 Å². The number of nitrogens with zero attached hydrogens (tertiary/aromatic N) is 2. The lowest BCUT2D eigenvalue weighted by molar-refractivity contribution is -0.154. The van der Waals surface area contributed by atoms with Crippen molar-refractivity contribution in [2.45, 2.75) is 19.8 Å². The maximum Gasteiger partial charge on any atom is 0.372 e. The second-order valence-electron chi connectivity index (χ2n) is 5.21. The second kappa shape index (κ2) is 8.02. The molecule has 0 aliphatic carbocycles. The summed E-state index contributed by atoms with van der Waals surface area (Å²) in [6.45, 7) is 2.37. The fraction of sp³-hybridized carbons (Fsp3) is 0.222. The molecule has 1 aliphatic heterocycles. The van der Waals surface area contributed by atoms with E-state index in [4.69, 9.17) is 14.3 Å². The number of rotatable bonds is 6. The van der Waals surface area contributed by atoms with Crippen LogP contribution in [0.3, 0.4) is 0 Å². The zero-order valence-corrected chi connectivity index (χ0v) is 15.2. The molecule has 2 aromatic rings. The Balaban J connectivity index is 1.77. The molecule has 0 radical (unpaired) electrons. The van der Waals surface area contributed by atoms with Crippen molar-refractivity contribution in [1.82, 2.24) is 0 Å². The van der Waals surface area contributed by atoms with E-state index in [2.05, 4.69) is 21.1 Å². The molecular formula is C18H17BrN2O4. The summed E-state index contributed by atoms with van der Waals surface area (Å²) in [5, 5.41) is 3.75. The summed E-state index contributed by atoms with van der Waals surface area (Å²) in [5.74, 6) is 0.273. The van der Waals surface area contributed by atoms with E-state index in [9.17, 15) is 4.79 Å². The molecule has 1 unspecified atom stereocenters. The molecule has 1 atom stereocenters. The minimum atomic E-state index is -0.922. The van der Waals surface area contributed by atoms with Crippen LogP contribution in [0.5, 0.6) is 5.75 Å². The number of halogens is 1. The Labute approximate surface area is 154 Å². The van der Waals surface area contributed by atoms with Crippen molar-refractivity contribution < 1.29 is 19.1 Å². The molecule has 0 amide bonds. The summed E-state index contributed by atoms with van der Waals surface area (Å²) in [5.41, 5.74) is 1.68. The van der Waals surface area contributed by atoms with E-state index in [0.717, 1.165) is 21.5 Å². The lowest BCUT2D eigenvalue weighted by Crippen LogP contribution is -2.39. The zero-order chi connectivity index (χ0) is 17.6. The number of carbonyl (C=O) groups excluding carboxylic acids is 1. The van der Waals surface area contributed by atoms with E-state index in [1.165, 1.54) is 6.34 Å². The van der Waals surface area contributed by atoms with E-state index in [-0.39, 0.29) is 6.61 Å². The first-order valence-electron chi connectivity index (χ1n) is 7.79. The highest BCUT2D eigenvalue weighted by atomic mass is 79.9. The van der Waals surface area contributed by atoms with Gasteiger partial charge in [0.15, 0.2) is 0 Å². The summed E-state index contributed by atoms with van der Waals surface area (Å²) >= 11 is 3.40. The quantitative estimate of drug-likeness (QED) is 0.686. The molecule has 1 aliphatic rings. The normalized spacial score (nSPS) is 15.8. The largest absolute Gasteiger partial charge is 0.489 e. The average molecular weight is 405 g/mol. The predicted molar refractivity (Wildman–Crippen MR) is 97.4 cm³/mol. The Morgan fingerprint density at radius 1 is 1.24 bits per heavy atom. The van der Waals surface area contributed by atoms with Gasteiger partial charge in [-0.3, -0.25) is 4.90 Å². The number of anilines is 1. The minimum absolute atomic E-state index is 0.279. The maximum atomic E-state index is 12.0. The molecule has 0 aromatic heterocycles. The molecular weight excluding hydrogens is 388 g/mol. The molecule has 25 heavy (non-hydrogen) atoms. The van der Waals surface area contributed by atoms with Crippen molar-refractivity contribution in [3.8, 4) is 5.75 Å². The van der Waals surface area contributed by atoms with Crippen LogP contribution in [-0.2, 0) is 21.0 Å². The van der Waals surface area contributed by atoms with E-state index in [0.29, 0.717) is 6.61 Å². The lowest BCUT2D eigenvalue weighted by Gasteiger charge is -2.22. The summed E-state index contributed by atoms with van der Waals surface area (Å²) < 4.78 is 11.9. The van der Waals surface area contributed by atoms with Crippen LogP contribution in [-0.4, -0.2) is 25.1 Å². The van der Waals surface area contributed by atoms with Crippen LogP contribution >= 0.6 is 15.9 Å². The number of benzene rings is 2. The van der Waals surface area contributed by atoms with Gasteiger partial charge in [-0.2, -0.15) is 0 Å². The number of esters is 1. The summed E-state index contributed by atoms with van der Waals surface area (Å²) in [7, 11) is 0. The van der Waals surface area contributed by atoms with Crippen molar-refractivity contribution in [3.05, 3.63) is 58.6 Å². The Bertz CT molecular complexity index is 764. The highest BCUT2D eigenvalue weighted by Gasteiger charge is 2.33. The SMILES string of the molecule is CCOC(=O)C1ON=CN1c1ccccc1COc1ccc(Br)cc1. The third kappa shape index (κ3) is 4.11. The van der Waals surface area contributed by atoms with E-state index >= 15 is 0 Å². The van der Waals surface area contributed by atoms with Gasteiger partial charge in [-0.1, -0.05) is 39.3 Å². The van der Waals surface area contributed by atoms with Gasteiger partial charge in [0, 0.05) is 10.0 Å². The van der Waals surface area contributed by atoms with Gasteiger partial charge in [0.25, 0.3) is 0 Å². The predicted octanol–water partition coefficient (Wildman–Crippen LogP) is 3.70.